The minimum atomic E-state index is -0.616. The van der Waals surface area contributed by atoms with Crippen LogP contribution in [0.2, 0.25) is 0 Å². The van der Waals surface area contributed by atoms with Crippen molar-refractivity contribution < 1.29 is 19.1 Å². The summed E-state index contributed by atoms with van der Waals surface area (Å²) in [4.78, 5) is 28.7. The van der Waals surface area contributed by atoms with E-state index in [1.54, 1.807) is 29.2 Å². The molecule has 2 atom stereocenters. The van der Waals surface area contributed by atoms with Gasteiger partial charge in [0.15, 0.2) is 11.2 Å². The van der Waals surface area contributed by atoms with Gasteiger partial charge < -0.3 is 19.2 Å². The summed E-state index contributed by atoms with van der Waals surface area (Å²) < 4.78 is 11.0. The number of benzene rings is 1. The van der Waals surface area contributed by atoms with Gasteiger partial charge in [0.2, 0.25) is 0 Å². The van der Waals surface area contributed by atoms with E-state index in [1.165, 1.54) is 6.07 Å². The van der Waals surface area contributed by atoms with Crippen LogP contribution in [0, 0.1) is 0 Å². The molecule has 3 heterocycles. The smallest absolute Gasteiger partial charge is 0.289 e. The number of morpholine rings is 1. The molecular weight excluding hydrogens is 324 g/mol. The second-order valence-corrected chi connectivity index (χ2v) is 6.46. The molecule has 2 aliphatic heterocycles. The third-order valence-electron chi connectivity index (χ3n) is 4.91. The first kappa shape index (κ1) is 16.3. The van der Waals surface area contributed by atoms with Gasteiger partial charge in [-0.25, -0.2) is 0 Å². The predicted molar refractivity (Wildman–Crippen MR) is 90.6 cm³/mol. The number of hydrogen-bond acceptors (Lipinski definition) is 6. The number of nitrogens with zero attached hydrogens (tertiary/aromatic N) is 2. The molecule has 1 aromatic heterocycles. The summed E-state index contributed by atoms with van der Waals surface area (Å²) in [6.45, 7) is 3.41. The summed E-state index contributed by atoms with van der Waals surface area (Å²) in [5, 5.41) is 10.8. The van der Waals surface area contributed by atoms with Crippen LogP contribution < -0.4 is 5.43 Å². The van der Waals surface area contributed by atoms with Crippen LogP contribution in [-0.2, 0) is 4.74 Å². The van der Waals surface area contributed by atoms with Gasteiger partial charge in [-0.2, -0.15) is 0 Å². The first-order chi connectivity index (χ1) is 12.1. The SMILES string of the molecule is O=C(c1cc(=O)c2ccccc2o1)N1C[C@@H](O)[C@H](N2CCOCC2)C1. The highest BCUT2D eigenvalue weighted by Gasteiger charge is 2.39. The molecule has 0 radical (unpaired) electrons. The average molecular weight is 344 g/mol. The molecule has 0 bridgehead atoms. The Bertz CT molecular complexity index is 843. The summed E-state index contributed by atoms with van der Waals surface area (Å²) in [5.74, 6) is -0.351. The number of β-amino-alcohol motifs (C(OH)–C–C–N with tert-alkyl or cyclic N) is 1. The van der Waals surface area contributed by atoms with Crippen molar-refractivity contribution in [2.45, 2.75) is 12.1 Å². The van der Waals surface area contributed by atoms with Gasteiger partial charge in [-0.05, 0) is 12.1 Å². The Labute approximate surface area is 144 Å². The first-order valence-corrected chi connectivity index (χ1v) is 8.45. The molecule has 1 amide bonds. The second kappa shape index (κ2) is 6.59. The van der Waals surface area contributed by atoms with Crippen LogP contribution >= 0.6 is 0 Å². The average Bonchev–Trinajstić information content (AvgIpc) is 3.03. The fourth-order valence-corrected chi connectivity index (χ4v) is 3.57. The fourth-order valence-electron chi connectivity index (χ4n) is 3.57. The van der Waals surface area contributed by atoms with Crippen molar-refractivity contribution in [1.82, 2.24) is 9.80 Å². The molecule has 132 valence electrons. The second-order valence-electron chi connectivity index (χ2n) is 6.46. The van der Waals surface area contributed by atoms with Crippen LogP contribution in [0.4, 0.5) is 0 Å². The molecule has 7 heteroatoms. The van der Waals surface area contributed by atoms with Gasteiger partial charge in [0.25, 0.3) is 5.91 Å². The summed E-state index contributed by atoms with van der Waals surface area (Å²) in [6.07, 6.45) is -0.616. The quantitative estimate of drug-likeness (QED) is 0.844. The zero-order valence-corrected chi connectivity index (χ0v) is 13.8. The molecule has 4 rings (SSSR count). The van der Waals surface area contributed by atoms with E-state index in [2.05, 4.69) is 4.90 Å². The number of fused-ring (bicyclic) bond motifs is 1. The highest BCUT2D eigenvalue weighted by molar-refractivity contribution is 5.93. The first-order valence-electron chi connectivity index (χ1n) is 8.45. The standard InChI is InChI=1S/C18H20N2O5/c21-14-9-17(25-16-4-2-1-3-12(14)16)18(23)20-10-13(15(22)11-20)19-5-7-24-8-6-19/h1-4,9,13,15,22H,5-8,10-11H2/t13-,15-/m1/s1. The number of hydrogen-bond donors (Lipinski definition) is 1. The Morgan fingerprint density at radius 1 is 1.16 bits per heavy atom. The summed E-state index contributed by atoms with van der Waals surface area (Å²) in [7, 11) is 0. The number of aliphatic hydroxyl groups is 1. The van der Waals surface area contributed by atoms with Gasteiger partial charge in [0.1, 0.15) is 5.58 Å². The van der Waals surface area contributed by atoms with E-state index in [0.29, 0.717) is 30.7 Å². The van der Waals surface area contributed by atoms with E-state index >= 15 is 0 Å². The van der Waals surface area contributed by atoms with Crippen molar-refractivity contribution in [3.8, 4) is 0 Å². The van der Waals surface area contributed by atoms with Gasteiger partial charge in [0.05, 0.1) is 30.7 Å². The van der Waals surface area contributed by atoms with Gasteiger partial charge in [0, 0.05) is 32.2 Å². The van der Waals surface area contributed by atoms with Crippen LogP contribution in [-0.4, -0.2) is 72.4 Å². The van der Waals surface area contributed by atoms with E-state index in [4.69, 9.17) is 9.15 Å². The molecule has 7 nitrogen and oxygen atoms in total. The van der Waals surface area contributed by atoms with Crippen molar-refractivity contribution >= 4 is 16.9 Å². The van der Waals surface area contributed by atoms with Crippen molar-refractivity contribution in [2.75, 3.05) is 39.4 Å². The Balaban J connectivity index is 1.56. The van der Waals surface area contributed by atoms with Gasteiger partial charge >= 0.3 is 0 Å². The maximum absolute atomic E-state index is 12.8. The lowest BCUT2D eigenvalue weighted by atomic mass is 10.1. The van der Waals surface area contributed by atoms with Crippen molar-refractivity contribution in [3.05, 3.63) is 46.3 Å². The van der Waals surface area contributed by atoms with Gasteiger partial charge in [-0.3, -0.25) is 14.5 Å². The van der Waals surface area contributed by atoms with E-state index in [9.17, 15) is 14.7 Å². The number of carbonyl (C=O) groups is 1. The number of carbonyl (C=O) groups excluding carboxylic acids is 1. The molecule has 0 unspecified atom stereocenters. The number of aliphatic hydroxyl groups excluding tert-OH is 1. The highest BCUT2D eigenvalue weighted by Crippen LogP contribution is 2.21. The van der Waals surface area contributed by atoms with Crippen LogP contribution in [0.5, 0.6) is 0 Å². The minimum absolute atomic E-state index is 0.0125. The Morgan fingerprint density at radius 3 is 2.72 bits per heavy atom. The highest BCUT2D eigenvalue weighted by atomic mass is 16.5. The fraction of sp³-hybridized carbons (Fsp3) is 0.444. The molecule has 2 saturated heterocycles. The largest absolute Gasteiger partial charge is 0.451 e. The Kier molecular flexibility index (Phi) is 4.29. The molecule has 1 N–H and O–H groups in total. The van der Waals surface area contributed by atoms with E-state index < -0.39 is 6.10 Å². The molecule has 0 spiro atoms. The number of amides is 1. The van der Waals surface area contributed by atoms with E-state index in [-0.39, 0.29) is 29.7 Å². The van der Waals surface area contributed by atoms with Crippen molar-refractivity contribution in [3.63, 3.8) is 0 Å². The summed E-state index contributed by atoms with van der Waals surface area (Å²) >= 11 is 0. The topological polar surface area (TPSA) is 83.2 Å². The monoisotopic (exact) mass is 344 g/mol. The Morgan fingerprint density at radius 2 is 1.92 bits per heavy atom. The molecule has 2 aromatic rings. The molecule has 0 aliphatic carbocycles. The van der Waals surface area contributed by atoms with Crippen LogP contribution in [0.25, 0.3) is 11.0 Å². The van der Waals surface area contributed by atoms with Gasteiger partial charge in [-0.15, -0.1) is 0 Å². The lowest BCUT2D eigenvalue weighted by molar-refractivity contribution is -0.00612. The Hall–Kier alpha value is -2.22. The predicted octanol–water partition coefficient (Wildman–Crippen LogP) is 0.310. The molecule has 2 fully saturated rings. The zero-order valence-electron chi connectivity index (χ0n) is 13.8. The van der Waals surface area contributed by atoms with Crippen LogP contribution in [0.15, 0.2) is 39.5 Å². The summed E-state index contributed by atoms with van der Waals surface area (Å²) in [6, 6.07) is 7.98. The van der Waals surface area contributed by atoms with E-state index in [1.807, 2.05) is 0 Å². The third-order valence-corrected chi connectivity index (χ3v) is 4.91. The number of likely N-dealkylation sites (tertiary alicyclic amines) is 1. The molecule has 1 aromatic carbocycles. The minimum Gasteiger partial charge on any atom is -0.451 e. The third kappa shape index (κ3) is 3.06. The normalized spacial score (nSPS) is 24.8. The number of para-hydroxylation sites is 1. The molecule has 2 aliphatic rings. The molecular formula is C18H20N2O5. The number of rotatable bonds is 2. The summed E-state index contributed by atoms with van der Waals surface area (Å²) in [5.41, 5.74) is 0.150. The van der Waals surface area contributed by atoms with E-state index in [0.717, 1.165) is 13.1 Å². The van der Waals surface area contributed by atoms with Crippen LogP contribution in [0.1, 0.15) is 10.6 Å². The lowest BCUT2D eigenvalue weighted by Crippen LogP contribution is -2.49. The van der Waals surface area contributed by atoms with Crippen molar-refractivity contribution in [2.24, 2.45) is 0 Å². The molecule has 25 heavy (non-hydrogen) atoms. The lowest BCUT2D eigenvalue weighted by Gasteiger charge is -2.33. The maximum Gasteiger partial charge on any atom is 0.289 e. The number of ether oxygens (including phenoxy) is 1. The van der Waals surface area contributed by atoms with Crippen LogP contribution in [0.3, 0.4) is 0 Å². The maximum atomic E-state index is 12.8. The zero-order chi connectivity index (χ0) is 17.4. The van der Waals surface area contributed by atoms with Gasteiger partial charge in [-0.1, -0.05) is 12.1 Å². The van der Waals surface area contributed by atoms with Crippen molar-refractivity contribution in [1.29, 1.82) is 0 Å². The molecule has 0 saturated carbocycles.